The summed E-state index contributed by atoms with van der Waals surface area (Å²) in [5.41, 5.74) is 0.880. The molecule has 1 aliphatic heterocycles. The van der Waals surface area contributed by atoms with Crippen LogP contribution in [-0.4, -0.2) is 48.0 Å². The Balaban J connectivity index is 1.35. The Morgan fingerprint density at radius 1 is 1.09 bits per heavy atom. The van der Waals surface area contributed by atoms with E-state index in [2.05, 4.69) is 20.1 Å². The highest BCUT2D eigenvalue weighted by Gasteiger charge is 2.30. The van der Waals surface area contributed by atoms with Gasteiger partial charge >= 0.3 is 0 Å². The summed E-state index contributed by atoms with van der Waals surface area (Å²) in [6, 6.07) is 4.72. The Morgan fingerprint density at radius 3 is 2.52 bits per heavy atom. The van der Waals surface area contributed by atoms with Gasteiger partial charge in [0.15, 0.2) is 0 Å². The number of anilines is 2. The fourth-order valence-electron chi connectivity index (χ4n) is 3.84. The van der Waals surface area contributed by atoms with E-state index in [1.807, 2.05) is 12.1 Å². The number of pyridine rings is 1. The summed E-state index contributed by atoms with van der Waals surface area (Å²) in [5, 5.41) is 3.02. The Morgan fingerprint density at radius 2 is 1.83 bits per heavy atom. The molecular weight excluding hydrogens is 288 g/mol. The summed E-state index contributed by atoms with van der Waals surface area (Å²) in [6.07, 6.45) is 9.42. The van der Waals surface area contributed by atoms with Gasteiger partial charge in [-0.3, -0.25) is 9.69 Å². The van der Waals surface area contributed by atoms with Crippen molar-refractivity contribution in [2.45, 2.75) is 44.6 Å². The number of aromatic nitrogens is 1. The highest BCUT2D eigenvalue weighted by Crippen LogP contribution is 2.30. The lowest BCUT2D eigenvalue weighted by Crippen LogP contribution is -2.50. The predicted molar refractivity (Wildman–Crippen MR) is 91.6 cm³/mol. The minimum Gasteiger partial charge on any atom is -0.354 e. The third kappa shape index (κ3) is 3.50. The average Bonchev–Trinajstić information content (AvgIpc) is 3.30. The van der Waals surface area contributed by atoms with E-state index in [1.54, 1.807) is 6.20 Å². The monoisotopic (exact) mass is 314 g/mol. The number of hydrogen-bond donors (Lipinski definition) is 1. The van der Waals surface area contributed by atoms with E-state index in [0.29, 0.717) is 0 Å². The first kappa shape index (κ1) is 14.9. The summed E-state index contributed by atoms with van der Waals surface area (Å²) in [5.74, 6) is 1.39. The molecule has 0 aromatic carbocycles. The Hall–Kier alpha value is -1.62. The molecule has 4 rings (SSSR count). The van der Waals surface area contributed by atoms with E-state index >= 15 is 0 Å². The fraction of sp³-hybridized carbons (Fsp3) is 0.667. The molecule has 5 nitrogen and oxygen atoms in total. The molecule has 23 heavy (non-hydrogen) atoms. The minimum absolute atomic E-state index is 0.160. The largest absolute Gasteiger partial charge is 0.354 e. The second-order valence-corrected chi connectivity index (χ2v) is 7.13. The van der Waals surface area contributed by atoms with Crippen LogP contribution in [0.2, 0.25) is 0 Å². The maximum atomic E-state index is 11.9. The molecule has 3 aliphatic rings. The summed E-state index contributed by atoms with van der Waals surface area (Å²) < 4.78 is 0. The number of carbonyl (C=O) groups is 1. The number of rotatable bonds is 4. The third-order valence-corrected chi connectivity index (χ3v) is 5.44. The smallest absolute Gasteiger partial charge is 0.227 e. The third-order valence-electron chi connectivity index (χ3n) is 5.44. The molecule has 0 atom stereocenters. The van der Waals surface area contributed by atoms with Crippen LogP contribution in [0.5, 0.6) is 0 Å². The van der Waals surface area contributed by atoms with Crippen molar-refractivity contribution >= 4 is 17.4 Å². The van der Waals surface area contributed by atoms with E-state index in [0.717, 1.165) is 56.6 Å². The lowest BCUT2D eigenvalue weighted by molar-refractivity contribution is -0.117. The number of carbonyl (C=O) groups excluding carboxylic acids is 1. The van der Waals surface area contributed by atoms with E-state index < -0.39 is 0 Å². The van der Waals surface area contributed by atoms with Gasteiger partial charge < -0.3 is 10.2 Å². The molecule has 0 radical (unpaired) electrons. The van der Waals surface area contributed by atoms with E-state index in [4.69, 9.17) is 0 Å². The van der Waals surface area contributed by atoms with Gasteiger partial charge in [-0.2, -0.15) is 0 Å². The van der Waals surface area contributed by atoms with Crippen molar-refractivity contribution in [1.29, 1.82) is 0 Å². The van der Waals surface area contributed by atoms with Crippen molar-refractivity contribution in [3.8, 4) is 0 Å². The zero-order chi connectivity index (χ0) is 15.6. The van der Waals surface area contributed by atoms with Crippen LogP contribution in [0.4, 0.5) is 11.5 Å². The standard InChI is InChI=1S/C18H26N4O/c23-18(14-5-6-14)20-15-7-8-19-17(13-15)22-11-9-21(10-12-22)16-3-1-2-4-16/h7-8,13-14,16H,1-6,9-12H2,(H,19,20,23). The van der Waals surface area contributed by atoms with Gasteiger partial charge in [-0.25, -0.2) is 4.98 Å². The molecule has 1 aromatic rings. The molecule has 2 heterocycles. The first-order valence-corrected chi connectivity index (χ1v) is 9.05. The summed E-state index contributed by atoms with van der Waals surface area (Å²) in [6.45, 7) is 4.32. The zero-order valence-electron chi connectivity index (χ0n) is 13.7. The van der Waals surface area contributed by atoms with Gasteiger partial charge in [0.25, 0.3) is 0 Å². The van der Waals surface area contributed by atoms with Crippen LogP contribution in [0.3, 0.4) is 0 Å². The molecule has 5 heteroatoms. The maximum Gasteiger partial charge on any atom is 0.227 e. The quantitative estimate of drug-likeness (QED) is 0.927. The SMILES string of the molecule is O=C(Nc1ccnc(N2CCN(C3CCCC3)CC2)c1)C1CC1. The van der Waals surface area contributed by atoms with Crippen molar-refractivity contribution in [1.82, 2.24) is 9.88 Å². The molecule has 1 saturated heterocycles. The molecule has 1 amide bonds. The second-order valence-electron chi connectivity index (χ2n) is 7.13. The van der Waals surface area contributed by atoms with Crippen molar-refractivity contribution in [3.63, 3.8) is 0 Å². The van der Waals surface area contributed by atoms with Crippen LogP contribution in [-0.2, 0) is 4.79 Å². The minimum atomic E-state index is 0.160. The molecule has 0 bridgehead atoms. The molecule has 0 spiro atoms. The molecule has 1 aromatic heterocycles. The molecule has 2 aliphatic carbocycles. The number of nitrogens with one attached hydrogen (secondary N) is 1. The molecule has 0 unspecified atom stereocenters. The molecule has 3 fully saturated rings. The van der Waals surface area contributed by atoms with Crippen LogP contribution in [0.1, 0.15) is 38.5 Å². The summed E-state index contributed by atoms with van der Waals surface area (Å²) >= 11 is 0. The van der Waals surface area contributed by atoms with Crippen LogP contribution < -0.4 is 10.2 Å². The first-order valence-electron chi connectivity index (χ1n) is 9.05. The molecule has 2 saturated carbocycles. The second kappa shape index (κ2) is 6.48. The van der Waals surface area contributed by atoms with Gasteiger partial charge in [0.1, 0.15) is 5.82 Å². The highest BCUT2D eigenvalue weighted by atomic mass is 16.2. The highest BCUT2D eigenvalue weighted by molar-refractivity contribution is 5.94. The Labute approximate surface area is 138 Å². The van der Waals surface area contributed by atoms with Gasteiger partial charge in [0.2, 0.25) is 5.91 Å². The van der Waals surface area contributed by atoms with E-state index in [9.17, 15) is 4.79 Å². The molecule has 124 valence electrons. The number of nitrogens with zero attached hydrogens (tertiary/aromatic N) is 3. The van der Waals surface area contributed by atoms with E-state index in [1.165, 1.54) is 25.7 Å². The van der Waals surface area contributed by atoms with Gasteiger partial charge in [-0.05, 0) is 31.7 Å². The van der Waals surface area contributed by atoms with Crippen molar-refractivity contribution in [2.24, 2.45) is 5.92 Å². The topological polar surface area (TPSA) is 48.5 Å². The first-order chi connectivity index (χ1) is 11.3. The normalized spacial score (nSPS) is 23.2. The summed E-state index contributed by atoms with van der Waals surface area (Å²) in [4.78, 5) is 21.4. The summed E-state index contributed by atoms with van der Waals surface area (Å²) in [7, 11) is 0. The van der Waals surface area contributed by atoms with Crippen LogP contribution in [0, 0.1) is 5.92 Å². The van der Waals surface area contributed by atoms with Crippen LogP contribution >= 0.6 is 0 Å². The Kier molecular flexibility index (Phi) is 4.21. The lowest BCUT2D eigenvalue weighted by atomic mass is 10.2. The Bertz CT molecular complexity index is 558. The predicted octanol–water partition coefficient (Wildman–Crippen LogP) is 2.49. The van der Waals surface area contributed by atoms with Crippen LogP contribution in [0.25, 0.3) is 0 Å². The van der Waals surface area contributed by atoms with Crippen molar-refractivity contribution in [3.05, 3.63) is 18.3 Å². The van der Waals surface area contributed by atoms with Gasteiger partial charge in [-0.1, -0.05) is 12.8 Å². The average molecular weight is 314 g/mol. The molecular formula is C18H26N4O. The van der Waals surface area contributed by atoms with Gasteiger partial charge in [-0.15, -0.1) is 0 Å². The molecule has 1 N–H and O–H groups in total. The van der Waals surface area contributed by atoms with Crippen molar-refractivity contribution < 1.29 is 4.79 Å². The van der Waals surface area contributed by atoms with E-state index in [-0.39, 0.29) is 11.8 Å². The number of piperazine rings is 1. The number of hydrogen-bond acceptors (Lipinski definition) is 4. The lowest BCUT2D eigenvalue weighted by Gasteiger charge is -2.38. The van der Waals surface area contributed by atoms with Crippen molar-refractivity contribution in [2.75, 3.05) is 36.4 Å². The fourth-order valence-corrected chi connectivity index (χ4v) is 3.84. The van der Waals surface area contributed by atoms with Gasteiger partial charge in [0, 0.05) is 56.1 Å². The van der Waals surface area contributed by atoms with Crippen LogP contribution in [0.15, 0.2) is 18.3 Å². The zero-order valence-corrected chi connectivity index (χ0v) is 13.7. The van der Waals surface area contributed by atoms with Gasteiger partial charge in [0.05, 0.1) is 0 Å². The maximum absolute atomic E-state index is 11.9. The number of amides is 1.